The van der Waals surface area contributed by atoms with Gasteiger partial charge < -0.3 is 20.5 Å². The maximum Gasteiger partial charge on any atom is 0.401 e. The first-order valence-corrected chi connectivity index (χ1v) is 12.7. The first-order chi connectivity index (χ1) is 19.2. The summed E-state index contributed by atoms with van der Waals surface area (Å²) in [4.78, 5) is 21.0. The van der Waals surface area contributed by atoms with E-state index < -0.39 is 23.3 Å². The van der Waals surface area contributed by atoms with Crippen molar-refractivity contribution in [2.24, 2.45) is 0 Å². The number of nitrogens with zero attached hydrogens (tertiary/aromatic N) is 5. The van der Waals surface area contributed by atoms with Crippen LogP contribution in [0.5, 0.6) is 0 Å². The summed E-state index contributed by atoms with van der Waals surface area (Å²) in [5, 5.41) is 16.7. The van der Waals surface area contributed by atoms with E-state index in [0.29, 0.717) is 23.1 Å². The fourth-order valence-electron chi connectivity index (χ4n) is 4.72. The molecule has 1 aliphatic heterocycles. The number of anilines is 3. The van der Waals surface area contributed by atoms with Gasteiger partial charge in [-0.3, -0.25) is 9.48 Å². The third kappa shape index (κ3) is 5.13. The molecule has 4 heterocycles. The molecule has 1 aromatic carbocycles. The highest BCUT2D eigenvalue weighted by molar-refractivity contribution is 5.91. The van der Waals surface area contributed by atoms with E-state index in [1.807, 2.05) is 10.9 Å². The number of hydrogen-bond acceptors (Lipinski definition) is 8. The molecule has 6 rings (SSSR count). The molecule has 3 aromatic heterocycles. The van der Waals surface area contributed by atoms with Gasteiger partial charge in [-0.25, -0.2) is 14.4 Å². The zero-order chi connectivity index (χ0) is 27.9. The van der Waals surface area contributed by atoms with E-state index in [9.17, 15) is 22.4 Å². The van der Waals surface area contributed by atoms with Gasteiger partial charge in [-0.15, -0.1) is 0 Å². The Balaban J connectivity index is 1.06. The van der Waals surface area contributed by atoms with Crippen LogP contribution in [0.15, 0.2) is 53.6 Å². The molecule has 4 aromatic rings. The van der Waals surface area contributed by atoms with Gasteiger partial charge in [0.15, 0.2) is 11.6 Å². The van der Waals surface area contributed by atoms with Crippen molar-refractivity contribution in [3.8, 4) is 11.1 Å². The van der Waals surface area contributed by atoms with Gasteiger partial charge in [0.05, 0.1) is 24.3 Å². The van der Waals surface area contributed by atoms with E-state index in [2.05, 4.69) is 36.2 Å². The molecule has 208 valence electrons. The summed E-state index contributed by atoms with van der Waals surface area (Å²) in [7, 11) is 0. The topological polar surface area (TPSA) is 123 Å². The number of carbonyl (C=O) groups excluding carboxylic acids is 1. The minimum absolute atomic E-state index is 0.0922. The number of carbonyl (C=O) groups is 1. The minimum atomic E-state index is -4.46. The average Bonchev–Trinajstić information content (AvgIpc) is 3.27. The molecule has 1 aliphatic carbocycles. The van der Waals surface area contributed by atoms with Crippen LogP contribution in [0.1, 0.15) is 36.6 Å². The molecule has 1 atom stereocenters. The molecular weight excluding hydrogens is 532 g/mol. The number of hydrogen-bond donors (Lipinski definition) is 3. The number of benzene rings is 1. The molecule has 3 N–H and O–H groups in total. The molecule has 1 unspecified atom stereocenters. The molecule has 0 radical (unpaired) electrons. The van der Waals surface area contributed by atoms with Gasteiger partial charge in [0, 0.05) is 36.8 Å². The smallest absolute Gasteiger partial charge is 0.358 e. The van der Waals surface area contributed by atoms with E-state index in [0.717, 1.165) is 31.3 Å². The van der Waals surface area contributed by atoms with Crippen LogP contribution in [-0.4, -0.2) is 50.1 Å². The Morgan fingerprint density at radius 3 is 2.62 bits per heavy atom. The standard InChI is InChI=1S/C26H24F4N8O2/c27-20-7-15(17-10-32-24(33-11-17)35-18-12-34-38(14-18)19-3-6-31-13-19)1-2-16(20)8-23(39)36-22-9-21(40-37-22)25(4-5-25)26(28,29)30/h1-2,7,9-12,14,19,31H,3-6,8,13H2,(H,32,33,35)(H,36,37,39). The number of nitrogens with one attached hydrogen (secondary N) is 3. The van der Waals surface area contributed by atoms with Crippen LogP contribution in [0.3, 0.4) is 0 Å². The van der Waals surface area contributed by atoms with E-state index in [1.165, 1.54) is 12.1 Å². The first kappa shape index (κ1) is 25.9. The molecule has 2 fully saturated rings. The van der Waals surface area contributed by atoms with E-state index in [-0.39, 0.29) is 36.4 Å². The van der Waals surface area contributed by atoms with Crippen LogP contribution >= 0.6 is 0 Å². The lowest BCUT2D eigenvalue weighted by Crippen LogP contribution is -2.28. The summed E-state index contributed by atoms with van der Waals surface area (Å²) in [5.41, 5.74) is -0.103. The fraction of sp³-hybridized carbons (Fsp3) is 0.346. The second-order valence-electron chi connectivity index (χ2n) is 9.96. The van der Waals surface area contributed by atoms with Crippen LogP contribution in [0.25, 0.3) is 11.1 Å². The SMILES string of the molecule is O=C(Cc1ccc(-c2cnc(Nc3cnn(C4CCNC4)c3)nc2)cc1F)Nc1cc(C2(C(F)(F)F)CC2)on1. The molecule has 14 heteroatoms. The van der Waals surface area contributed by atoms with Crippen LogP contribution < -0.4 is 16.0 Å². The van der Waals surface area contributed by atoms with Crippen molar-refractivity contribution < 1.29 is 26.9 Å². The van der Waals surface area contributed by atoms with Crippen molar-refractivity contribution >= 4 is 23.4 Å². The van der Waals surface area contributed by atoms with Gasteiger partial charge >= 0.3 is 6.18 Å². The number of halogens is 4. The Hall–Kier alpha value is -4.33. The summed E-state index contributed by atoms with van der Waals surface area (Å²) in [6.07, 6.45) is 2.73. The summed E-state index contributed by atoms with van der Waals surface area (Å²) < 4.78 is 61.4. The Bertz CT molecular complexity index is 1520. The second-order valence-corrected chi connectivity index (χ2v) is 9.96. The quantitative estimate of drug-likeness (QED) is 0.271. The lowest BCUT2D eigenvalue weighted by atomic mass is 10.0. The summed E-state index contributed by atoms with van der Waals surface area (Å²) >= 11 is 0. The van der Waals surface area contributed by atoms with Crippen LogP contribution in [0, 0.1) is 5.82 Å². The normalized spacial score (nSPS) is 18.1. The summed E-state index contributed by atoms with van der Waals surface area (Å²) in [6.45, 7) is 1.84. The number of aromatic nitrogens is 5. The molecule has 1 saturated heterocycles. The highest BCUT2D eigenvalue weighted by Gasteiger charge is 2.66. The van der Waals surface area contributed by atoms with E-state index >= 15 is 0 Å². The molecule has 2 aliphatic rings. The predicted octanol–water partition coefficient (Wildman–Crippen LogP) is 4.52. The van der Waals surface area contributed by atoms with Crippen LogP contribution in [0.4, 0.5) is 35.0 Å². The lowest BCUT2D eigenvalue weighted by Gasteiger charge is -2.14. The Morgan fingerprint density at radius 2 is 1.95 bits per heavy atom. The van der Waals surface area contributed by atoms with Crippen LogP contribution in [-0.2, 0) is 16.6 Å². The highest BCUT2D eigenvalue weighted by Crippen LogP contribution is 2.59. The minimum Gasteiger partial charge on any atom is -0.358 e. The summed E-state index contributed by atoms with van der Waals surface area (Å²) in [5.74, 6) is -1.40. The van der Waals surface area contributed by atoms with Gasteiger partial charge in [-0.2, -0.15) is 18.3 Å². The third-order valence-electron chi connectivity index (χ3n) is 7.20. The lowest BCUT2D eigenvalue weighted by molar-refractivity contribution is -0.165. The fourth-order valence-corrected chi connectivity index (χ4v) is 4.72. The van der Waals surface area contributed by atoms with E-state index in [4.69, 9.17) is 4.52 Å². The number of rotatable bonds is 8. The molecule has 1 amide bonds. The Kier molecular flexibility index (Phi) is 6.49. The van der Waals surface area contributed by atoms with Gasteiger partial charge in [0.25, 0.3) is 0 Å². The Morgan fingerprint density at radius 1 is 1.15 bits per heavy atom. The van der Waals surface area contributed by atoms with Crippen molar-refractivity contribution in [1.29, 1.82) is 0 Å². The zero-order valence-electron chi connectivity index (χ0n) is 21.0. The molecule has 10 nitrogen and oxygen atoms in total. The number of amides is 1. The molecule has 0 spiro atoms. The monoisotopic (exact) mass is 556 g/mol. The van der Waals surface area contributed by atoms with Crippen molar-refractivity contribution in [2.45, 2.75) is 43.3 Å². The predicted molar refractivity (Wildman–Crippen MR) is 135 cm³/mol. The highest BCUT2D eigenvalue weighted by atomic mass is 19.4. The van der Waals surface area contributed by atoms with Gasteiger partial charge in [0.1, 0.15) is 11.2 Å². The average molecular weight is 557 g/mol. The van der Waals surface area contributed by atoms with Crippen molar-refractivity contribution in [1.82, 2.24) is 30.2 Å². The first-order valence-electron chi connectivity index (χ1n) is 12.7. The van der Waals surface area contributed by atoms with Crippen molar-refractivity contribution in [2.75, 3.05) is 23.7 Å². The zero-order valence-corrected chi connectivity index (χ0v) is 21.0. The Labute approximate surface area is 225 Å². The van der Waals surface area contributed by atoms with Gasteiger partial charge in [-0.1, -0.05) is 17.3 Å². The molecule has 0 bridgehead atoms. The van der Waals surface area contributed by atoms with Crippen LogP contribution in [0.2, 0.25) is 0 Å². The molecule has 40 heavy (non-hydrogen) atoms. The molecular formula is C26H24F4N8O2. The second kappa shape index (κ2) is 10.0. The van der Waals surface area contributed by atoms with Crippen molar-refractivity contribution in [3.63, 3.8) is 0 Å². The maximum absolute atomic E-state index is 14.8. The summed E-state index contributed by atoms with van der Waals surface area (Å²) in [6, 6.07) is 5.74. The van der Waals surface area contributed by atoms with Gasteiger partial charge in [0.2, 0.25) is 11.9 Å². The third-order valence-corrected chi connectivity index (χ3v) is 7.20. The number of alkyl halides is 3. The van der Waals surface area contributed by atoms with E-state index in [1.54, 1.807) is 24.7 Å². The molecule has 1 saturated carbocycles. The maximum atomic E-state index is 14.8. The largest absolute Gasteiger partial charge is 0.401 e. The van der Waals surface area contributed by atoms with Gasteiger partial charge in [-0.05, 0) is 43.0 Å². The van der Waals surface area contributed by atoms with Crippen molar-refractivity contribution in [3.05, 3.63) is 66.2 Å².